The Balaban J connectivity index is 2.10. The van der Waals surface area contributed by atoms with Gasteiger partial charge in [-0.15, -0.1) is 29.7 Å². The van der Waals surface area contributed by atoms with Crippen molar-refractivity contribution in [2.24, 2.45) is 0 Å². The Kier molecular flexibility index (Phi) is 4.22. The van der Waals surface area contributed by atoms with Crippen LogP contribution < -0.4 is 4.74 Å². The largest absolute Gasteiger partial charge is 0.497 e. The number of aromatic nitrogens is 2. The third kappa shape index (κ3) is 2.80. The van der Waals surface area contributed by atoms with Crippen molar-refractivity contribution in [1.29, 1.82) is 0 Å². The lowest BCUT2D eigenvalue weighted by Gasteiger charge is -2.05. The molecule has 0 aliphatic rings. The third-order valence-corrected chi connectivity index (χ3v) is 4.95. The maximum atomic E-state index is 5.21. The number of hydrogen-bond donors (Lipinski definition) is 0. The lowest BCUT2D eigenvalue weighted by Crippen LogP contribution is -1.87. The van der Waals surface area contributed by atoms with Gasteiger partial charge in [-0.25, -0.2) is 9.97 Å². The summed E-state index contributed by atoms with van der Waals surface area (Å²) in [6, 6.07) is 8.07. The minimum Gasteiger partial charge on any atom is -0.497 e. The van der Waals surface area contributed by atoms with Crippen LogP contribution in [0.3, 0.4) is 0 Å². The zero-order valence-electron chi connectivity index (χ0n) is 11.6. The van der Waals surface area contributed by atoms with Gasteiger partial charge < -0.3 is 4.74 Å². The monoisotopic (exact) mass is 314 g/mol. The molecular weight excluding hydrogens is 300 g/mol. The number of benzene rings is 1. The van der Waals surface area contributed by atoms with Gasteiger partial charge in [0.25, 0.3) is 0 Å². The summed E-state index contributed by atoms with van der Waals surface area (Å²) in [7, 11) is 1.67. The predicted octanol–water partition coefficient (Wildman–Crippen LogP) is 4.65. The average molecular weight is 314 g/mol. The van der Waals surface area contributed by atoms with Crippen LogP contribution in [0.15, 0.2) is 53.7 Å². The Labute approximate surface area is 131 Å². The molecule has 0 spiro atoms. The average Bonchev–Trinajstić information content (AvgIpc) is 2.97. The van der Waals surface area contributed by atoms with Gasteiger partial charge in [-0.05, 0) is 17.7 Å². The Morgan fingerprint density at radius 2 is 2.10 bits per heavy atom. The van der Waals surface area contributed by atoms with Crippen LogP contribution in [0.25, 0.3) is 21.3 Å². The Hall–Kier alpha value is -1.85. The van der Waals surface area contributed by atoms with E-state index in [1.54, 1.807) is 36.5 Å². The molecule has 3 aromatic rings. The van der Waals surface area contributed by atoms with Gasteiger partial charge in [-0.1, -0.05) is 18.2 Å². The number of fused-ring (bicyclic) bond motifs is 1. The van der Waals surface area contributed by atoms with E-state index in [1.807, 2.05) is 18.2 Å². The first-order chi connectivity index (χ1) is 10.3. The van der Waals surface area contributed by atoms with Gasteiger partial charge in [-0.2, -0.15) is 0 Å². The van der Waals surface area contributed by atoms with E-state index in [-0.39, 0.29) is 0 Å². The van der Waals surface area contributed by atoms with E-state index in [0.29, 0.717) is 0 Å². The molecule has 21 heavy (non-hydrogen) atoms. The molecule has 106 valence electrons. The highest BCUT2D eigenvalue weighted by Gasteiger charge is 2.13. The molecule has 0 unspecified atom stereocenters. The van der Waals surface area contributed by atoms with Crippen molar-refractivity contribution in [3.63, 3.8) is 0 Å². The standard InChI is InChI=1S/C16H14N2OS2/c1-3-8-20-15-14-13(9-21-16(14)18-10-17-15)11-4-6-12(19-2)7-5-11/h3-7,9-10H,1,8H2,2H3. The summed E-state index contributed by atoms with van der Waals surface area (Å²) in [5, 5.41) is 4.27. The van der Waals surface area contributed by atoms with Crippen molar-refractivity contribution < 1.29 is 4.74 Å². The minimum atomic E-state index is 0.837. The first-order valence-corrected chi connectivity index (χ1v) is 8.30. The van der Waals surface area contributed by atoms with Crippen LogP contribution in [0.5, 0.6) is 5.75 Å². The topological polar surface area (TPSA) is 35.0 Å². The van der Waals surface area contributed by atoms with Gasteiger partial charge >= 0.3 is 0 Å². The van der Waals surface area contributed by atoms with E-state index in [9.17, 15) is 0 Å². The minimum absolute atomic E-state index is 0.837. The van der Waals surface area contributed by atoms with Gasteiger partial charge in [0.1, 0.15) is 21.9 Å². The summed E-state index contributed by atoms with van der Waals surface area (Å²) < 4.78 is 5.21. The highest BCUT2D eigenvalue weighted by molar-refractivity contribution is 7.99. The van der Waals surface area contributed by atoms with Gasteiger partial charge in [0.15, 0.2) is 0 Å². The fourth-order valence-corrected chi connectivity index (χ4v) is 3.81. The molecule has 5 heteroatoms. The van der Waals surface area contributed by atoms with Gasteiger partial charge in [0.05, 0.1) is 12.5 Å². The van der Waals surface area contributed by atoms with Crippen LogP contribution in [-0.2, 0) is 0 Å². The SMILES string of the molecule is C=CCSc1ncnc2scc(-c3ccc(OC)cc3)c12. The molecule has 0 saturated heterocycles. The fourth-order valence-electron chi connectivity index (χ4n) is 2.08. The first-order valence-electron chi connectivity index (χ1n) is 6.44. The molecule has 2 aromatic heterocycles. The number of rotatable bonds is 5. The summed E-state index contributed by atoms with van der Waals surface area (Å²) in [4.78, 5) is 9.81. The number of methoxy groups -OCH3 is 1. The van der Waals surface area contributed by atoms with Crippen LogP contribution >= 0.6 is 23.1 Å². The van der Waals surface area contributed by atoms with Gasteiger partial charge in [0.2, 0.25) is 0 Å². The number of thiophene rings is 1. The number of ether oxygens (including phenoxy) is 1. The van der Waals surface area contributed by atoms with Crippen LogP contribution in [0.4, 0.5) is 0 Å². The number of nitrogens with zero attached hydrogens (tertiary/aromatic N) is 2. The zero-order valence-corrected chi connectivity index (χ0v) is 13.2. The van der Waals surface area contributed by atoms with E-state index in [4.69, 9.17) is 4.74 Å². The number of hydrogen-bond acceptors (Lipinski definition) is 5. The van der Waals surface area contributed by atoms with Crippen LogP contribution in [0, 0.1) is 0 Å². The van der Waals surface area contributed by atoms with Crippen molar-refractivity contribution in [2.45, 2.75) is 5.03 Å². The normalized spacial score (nSPS) is 10.7. The van der Waals surface area contributed by atoms with Crippen molar-refractivity contribution in [3.8, 4) is 16.9 Å². The Morgan fingerprint density at radius 3 is 2.81 bits per heavy atom. The van der Waals surface area contributed by atoms with Crippen LogP contribution in [-0.4, -0.2) is 22.8 Å². The molecule has 0 atom stereocenters. The number of thioether (sulfide) groups is 1. The zero-order chi connectivity index (χ0) is 14.7. The molecule has 0 saturated carbocycles. The molecule has 1 aromatic carbocycles. The third-order valence-electron chi connectivity index (χ3n) is 3.07. The van der Waals surface area contributed by atoms with E-state index >= 15 is 0 Å². The van der Waals surface area contributed by atoms with Crippen molar-refractivity contribution >= 4 is 33.3 Å². The van der Waals surface area contributed by atoms with Crippen molar-refractivity contribution in [2.75, 3.05) is 12.9 Å². The Bertz CT molecular complexity index is 766. The molecule has 0 radical (unpaired) electrons. The summed E-state index contributed by atoms with van der Waals surface area (Å²) in [6.45, 7) is 3.77. The molecule has 0 aliphatic carbocycles. The Morgan fingerprint density at radius 1 is 1.29 bits per heavy atom. The molecule has 0 amide bonds. The molecule has 0 bridgehead atoms. The highest BCUT2D eigenvalue weighted by atomic mass is 32.2. The second-order valence-electron chi connectivity index (χ2n) is 4.34. The lowest BCUT2D eigenvalue weighted by atomic mass is 10.1. The van der Waals surface area contributed by atoms with E-state index in [2.05, 4.69) is 34.1 Å². The summed E-state index contributed by atoms with van der Waals surface area (Å²) >= 11 is 3.33. The summed E-state index contributed by atoms with van der Waals surface area (Å²) in [5.74, 6) is 1.69. The molecule has 2 heterocycles. The lowest BCUT2D eigenvalue weighted by molar-refractivity contribution is 0.415. The molecule has 3 rings (SSSR count). The fraction of sp³-hybridized carbons (Fsp3) is 0.125. The van der Waals surface area contributed by atoms with E-state index in [1.165, 1.54) is 5.56 Å². The van der Waals surface area contributed by atoms with Gasteiger partial charge in [0, 0.05) is 16.7 Å². The maximum Gasteiger partial charge on any atom is 0.128 e. The second-order valence-corrected chi connectivity index (χ2v) is 6.20. The molecule has 3 nitrogen and oxygen atoms in total. The van der Waals surface area contributed by atoms with Crippen molar-refractivity contribution in [3.05, 3.63) is 48.6 Å². The van der Waals surface area contributed by atoms with Crippen molar-refractivity contribution in [1.82, 2.24) is 9.97 Å². The molecule has 0 aliphatic heterocycles. The van der Waals surface area contributed by atoms with E-state index in [0.717, 1.165) is 32.3 Å². The first kappa shape index (κ1) is 14.1. The summed E-state index contributed by atoms with van der Waals surface area (Å²) in [5.41, 5.74) is 2.32. The van der Waals surface area contributed by atoms with Gasteiger partial charge in [-0.3, -0.25) is 0 Å². The molecular formula is C16H14N2OS2. The molecule has 0 N–H and O–H groups in total. The molecule has 0 fully saturated rings. The quantitative estimate of drug-likeness (QED) is 0.390. The highest BCUT2D eigenvalue weighted by Crippen LogP contribution is 2.38. The van der Waals surface area contributed by atoms with Crippen LogP contribution in [0.1, 0.15) is 0 Å². The van der Waals surface area contributed by atoms with E-state index < -0.39 is 0 Å². The maximum absolute atomic E-state index is 5.21. The predicted molar refractivity (Wildman–Crippen MR) is 90.3 cm³/mol. The summed E-state index contributed by atoms with van der Waals surface area (Å²) in [6.07, 6.45) is 3.51. The smallest absolute Gasteiger partial charge is 0.128 e. The second kappa shape index (κ2) is 6.28. The van der Waals surface area contributed by atoms with Crippen LogP contribution in [0.2, 0.25) is 0 Å².